The van der Waals surface area contributed by atoms with Gasteiger partial charge in [0.15, 0.2) is 0 Å². The molecule has 0 aliphatic rings. The van der Waals surface area contributed by atoms with Crippen molar-refractivity contribution >= 4 is 28.6 Å². The average Bonchev–Trinajstić information content (AvgIpc) is 2.03. The lowest BCUT2D eigenvalue weighted by Gasteiger charge is -2.06. The smallest absolute Gasteiger partial charge is 0.133 e. The van der Waals surface area contributed by atoms with Crippen molar-refractivity contribution in [2.45, 2.75) is 6.92 Å². The Morgan fingerprint density at radius 1 is 1.50 bits per heavy atom. The van der Waals surface area contributed by atoms with E-state index in [1.165, 1.54) is 5.56 Å². The van der Waals surface area contributed by atoms with E-state index < -0.39 is 0 Å². The Balaban J connectivity index is 2.72. The van der Waals surface area contributed by atoms with Crippen LogP contribution in [0.25, 0.3) is 0 Å². The zero-order chi connectivity index (χ0) is 8.97. The van der Waals surface area contributed by atoms with Gasteiger partial charge in [0, 0.05) is 5.75 Å². The average molecular weight is 247 g/mol. The second kappa shape index (κ2) is 4.77. The Morgan fingerprint density at radius 3 is 2.83 bits per heavy atom. The van der Waals surface area contributed by atoms with Crippen LogP contribution in [0, 0.1) is 6.92 Å². The molecular weight excluding hydrogens is 236 g/mol. The molecule has 1 rings (SSSR count). The van der Waals surface area contributed by atoms with Crippen molar-refractivity contribution in [3.63, 3.8) is 0 Å². The molecule has 0 N–H and O–H groups in total. The maximum Gasteiger partial charge on any atom is 0.133 e. The monoisotopic (exact) mass is 246 g/mol. The van der Waals surface area contributed by atoms with Crippen LogP contribution in [-0.2, 0) is 0 Å². The lowest BCUT2D eigenvalue weighted by Crippen LogP contribution is -1.98. The summed E-state index contributed by atoms with van der Waals surface area (Å²) in [5, 5.41) is 0. The summed E-state index contributed by atoms with van der Waals surface area (Å²) < 4.78 is 6.42. The van der Waals surface area contributed by atoms with Gasteiger partial charge < -0.3 is 4.74 Å². The summed E-state index contributed by atoms with van der Waals surface area (Å²) in [7, 11) is 0. The maximum atomic E-state index is 5.42. The van der Waals surface area contributed by atoms with Crippen molar-refractivity contribution in [3.05, 3.63) is 28.2 Å². The van der Waals surface area contributed by atoms with Gasteiger partial charge in [-0.05, 0) is 40.5 Å². The molecule has 0 saturated heterocycles. The van der Waals surface area contributed by atoms with Gasteiger partial charge in [-0.15, -0.1) is 0 Å². The number of rotatable bonds is 3. The molecule has 1 nitrogen and oxygen atoms in total. The number of thiol groups is 1. The zero-order valence-corrected chi connectivity index (χ0v) is 9.36. The number of benzene rings is 1. The van der Waals surface area contributed by atoms with Crippen molar-refractivity contribution in [3.8, 4) is 5.75 Å². The lowest BCUT2D eigenvalue weighted by atomic mass is 10.2. The molecule has 3 heteroatoms. The van der Waals surface area contributed by atoms with Gasteiger partial charge in [0.2, 0.25) is 0 Å². The van der Waals surface area contributed by atoms with Crippen molar-refractivity contribution in [1.29, 1.82) is 0 Å². The molecule has 0 saturated carbocycles. The van der Waals surface area contributed by atoms with Gasteiger partial charge >= 0.3 is 0 Å². The minimum absolute atomic E-state index is 0.644. The normalized spacial score (nSPS) is 9.92. The first-order valence-electron chi connectivity index (χ1n) is 3.74. The van der Waals surface area contributed by atoms with Crippen LogP contribution in [0.2, 0.25) is 0 Å². The molecule has 0 amide bonds. The Morgan fingerprint density at radius 2 is 2.25 bits per heavy atom. The van der Waals surface area contributed by atoms with Crippen LogP contribution in [0.4, 0.5) is 0 Å². The van der Waals surface area contributed by atoms with E-state index in [9.17, 15) is 0 Å². The first-order valence-corrected chi connectivity index (χ1v) is 5.16. The highest BCUT2D eigenvalue weighted by molar-refractivity contribution is 9.10. The van der Waals surface area contributed by atoms with Crippen LogP contribution in [0.15, 0.2) is 22.7 Å². The molecule has 66 valence electrons. The third kappa shape index (κ3) is 2.72. The largest absolute Gasteiger partial charge is 0.492 e. The predicted molar refractivity (Wildman–Crippen MR) is 58.2 cm³/mol. The standard InChI is InChI=1S/C9H11BrOS/c1-7-2-3-9(8(10)6-7)11-4-5-12/h2-3,6,12H,4-5H2,1H3. The summed E-state index contributed by atoms with van der Waals surface area (Å²) in [6.07, 6.45) is 0. The van der Waals surface area contributed by atoms with Crippen LogP contribution in [0.1, 0.15) is 5.56 Å². The molecule has 0 aliphatic heterocycles. The van der Waals surface area contributed by atoms with Crippen LogP contribution >= 0.6 is 28.6 Å². The second-order valence-electron chi connectivity index (χ2n) is 2.51. The van der Waals surface area contributed by atoms with E-state index in [2.05, 4.69) is 28.6 Å². The Hall–Kier alpha value is -0.150. The first-order chi connectivity index (χ1) is 5.74. The Kier molecular flexibility index (Phi) is 3.95. The summed E-state index contributed by atoms with van der Waals surface area (Å²) >= 11 is 7.49. The van der Waals surface area contributed by atoms with Crippen molar-refractivity contribution in [2.24, 2.45) is 0 Å². The first kappa shape index (κ1) is 9.93. The van der Waals surface area contributed by atoms with Gasteiger partial charge in [0.25, 0.3) is 0 Å². The van der Waals surface area contributed by atoms with Crippen molar-refractivity contribution < 1.29 is 4.74 Å². The molecule has 0 atom stereocenters. The summed E-state index contributed by atoms with van der Waals surface area (Å²) in [4.78, 5) is 0. The van der Waals surface area contributed by atoms with Gasteiger partial charge in [0.05, 0.1) is 11.1 Å². The van der Waals surface area contributed by atoms with E-state index in [4.69, 9.17) is 4.74 Å². The lowest BCUT2D eigenvalue weighted by molar-refractivity contribution is 0.342. The number of hydrogen-bond donors (Lipinski definition) is 1. The fourth-order valence-corrected chi connectivity index (χ4v) is 1.58. The molecular formula is C9H11BrOS. The third-order valence-corrected chi connectivity index (χ3v) is 2.24. The number of hydrogen-bond acceptors (Lipinski definition) is 2. The minimum atomic E-state index is 0.644. The molecule has 0 spiro atoms. The van der Waals surface area contributed by atoms with Crippen LogP contribution < -0.4 is 4.74 Å². The second-order valence-corrected chi connectivity index (χ2v) is 3.81. The molecule has 12 heavy (non-hydrogen) atoms. The highest BCUT2D eigenvalue weighted by Gasteiger charge is 1.99. The number of aryl methyl sites for hydroxylation is 1. The predicted octanol–water partition coefficient (Wildman–Crippen LogP) is 3.07. The summed E-state index contributed by atoms with van der Waals surface area (Å²) in [5.74, 6) is 1.62. The molecule has 1 aromatic rings. The van der Waals surface area contributed by atoms with E-state index >= 15 is 0 Å². The molecule has 0 radical (unpaired) electrons. The molecule has 0 unspecified atom stereocenters. The Bertz CT molecular complexity index is 263. The quantitative estimate of drug-likeness (QED) is 0.807. The molecule has 0 bridgehead atoms. The van der Waals surface area contributed by atoms with Crippen molar-refractivity contribution in [2.75, 3.05) is 12.4 Å². The van der Waals surface area contributed by atoms with Crippen LogP contribution in [0.3, 0.4) is 0 Å². The van der Waals surface area contributed by atoms with Gasteiger partial charge in [-0.1, -0.05) is 6.07 Å². The van der Waals surface area contributed by atoms with E-state index in [1.807, 2.05) is 25.1 Å². The van der Waals surface area contributed by atoms with E-state index in [1.54, 1.807) is 0 Å². The SMILES string of the molecule is Cc1ccc(OCCS)c(Br)c1. The summed E-state index contributed by atoms with van der Waals surface area (Å²) in [6, 6.07) is 6.02. The zero-order valence-electron chi connectivity index (χ0n) is 6.88. The van der Waals surface area contributed by atoms with E-state index in [0.29, 0.717) is 6.61 Å². The molecule has 0 fully saturated rings. The van der Waals surface area contributed by atoms with Gasteiger partial charge in [0.1, 0.15) is 5.75 Å². The van der Waals surface area contributed by atoms with Gasteiger partial charge in [-0.3, -0.25) is 0 Å². The molecule has 0 aromatic heterocycles. The highest BCUT2D eigenvalue weighted by atomic mass is 79.9. The minimum Gasteiger partial charge on any atom is -0.492 e. The molecule has 1 aromatic carbocycles. The topological polar surface area (TPSA) is 9.23 Å². The number of ether oxygens (including phenoxy) is 1. The fraction of sp³-hybridized carbons (Fsp3) is 0.333. The third-order valence-electron chi connectivity index (χ3n) is 1.44. The highest BCUT2D eigenvalue weighted by Crippen LogP contribution is 2.25. The molecule has 0 heterocycles. The van der Waals surface area contributed by atoms with Crippen LogP contribution in [0.5, 0.6) is 5.75 Å². The van der Waals surface area contributed by atoms with E-state index in [-0.39, 0.29) is 0 Å². The van der Waals surface area contributed by atoms with Gasteiger partial charge in [-0.25, -0.2) is 0 Å². The van der Waals surface area contributed by atoms with Crippen molar-refractivity contribution in [1.82, 2.24) is 0 Å². The van der Waals surface area contributed by atoms with Gasteiger partial charge in [-0.2, -0.15) is 12.6 Å². The maximum absolute atomic E-state index is 5.42. The Labute approximate surface area is 86.7 Å². The van der Waals surface area contributed by atoms with E-state index in [0.717, 1.165) is 16.0 Å². The van der Waals surface area contributed by atoms with Crippen LogP contribution in [-0.4, -0.2) is 12.4 Å². The fourth-order valence-electron chi connectivity index (χ4n) is 0.879. The molecule has 0 aliphatic carbocycles. The number of halogens is 1. The summed E-state index contributed by atoms with van der Waals surface area (Å²) in [5.41, 5.74) is 1.22. The summed E-state index contributed by atoms with van der Waals surface area (Å²) in [6.45, 7) is 2.69.